The van der Waals surface area contributed by atoms with Crippen LogP contribution in [0.15, 0.2) is 48.5 Å². The smallest absolute Gasteiger partial charge is 0.212 e. The predicted octanol–water partition coefficient (Wildman–Crippen LogP) is 4.43. The lowest BCUT2D eigenvalue weighted by Gasteiger charge is -2.26. The molecule has 6 heteroatoms. The molecule has 2 aromatic carbocycles. The average Bonchev–Trinajstić information content (AvgIpc) is 2.41. The second-order valence-electron chi connectivity index (χ2n) is 6.14. The highest BCUT2D eigenvalue weighted by Gasteiger charge is 2.26. The third-order valence-corrected chi connectivity index (χ3v) is 5.42. The van der Waals surface area contributed by atoms with E-state index in [0.29, 0.717) is 22.0 Å². The Morgan fingerprint density at radius 3 is 2.30 bits per heavy atom. The highest BCUT2D eigenvalue weighted by Crippen LogP contribution is 2.23. The quantitative estimate of drug-likeness (QED) is 0.815. The van der Waals surface area contributed by atoms with Gasteiger partial charge in [-0.05, 0) is 43.5 Å². The molecule has 1 N–H and O–H groups in total. The number of benzene rings is 2. The molecule has 0 bridgehead atoms. The zero-order valence-electron chi connectivity index (χ0n) is 13.0. The molecular weight excluding hydrogens is 353 g/mol. The summed E-state index contributed by atoms with van der Waals surface area (Å²) in [6.07, 6.45) is 0.599. The molecular formula is C17H19Cl2NO2S. The van der Waals surface area contributed by atoms with Gasteiger partial charge in [0.05, 0.1) is 5.75 Å². The molecule has 0 saturated heterocycles. The van der Waals surface area contributed by atoms with Crippen LogP contribution in [0.4, 0.5) is 0 Å². The van der Waals surface area contributed by atoms with Gasteiger partial charge in [-0.15, -0.1) is 0 Å². The maximum Gasteiger partial charge on any atom is 0.216 e. The molecule has 0 amide bonds. The van der Waals surface area contributed by atoms with E-state index < -0.39 is 15.6 Å². The molecule has 2 rings (SSSR count). The number of halogens is 2. The first-order valence-corrected chi connectivity index (χ1v) is 9.57. The van der Waals surface area contributed by atoms with Gasteiger partial charge in [-0.25, -0.2) is 13.1 Å². The van der Waals surface area contributed by atoms with E-state index in [-0.39, 0.29) is 5.75 Å². The minimum absolute atomic E-state index is 0.179. The molecule has 0 unspecified atom stereocenters. The van der Waals surface area contributed by atoms with Crippen LogP contribution in [0, 0.1) is 0 Å². The second-order valence-corrected chi connectivity index (χ2v) is 8.71. The van der Waals surface area contributed by atoms with Crippen molar-refractivity contribution in [3.05, 3.63) is 69.7 Å². The third-order valence-electron chi connectivity index (χ3n) is 3.28. The van der Waals surface area contributed by atoms with Gasteiger partial charge in [0.15, 0.2) is 0 Å². The zero-order valence-corrected chi connectivity index (χ0v) is 15.3. The first-order chi connectivity index (χ1) is 10.7. The van der Waals surface area contributed by atoms with Crippen LogP contribution in [0.3, 0.4) is 0 Å². The van der Waals surface area contributed by atoms with Crippen molar-refractivity contribution < 1.29 is 8.42 Å². The van der Waals surface area contributed by atoms with E-state index in [1.807, 2.05) is 44.2 Å². The predicted molar refractivity (Wildman–Crippen MR) is 96.4 cm³/mol. The lowest BCUT2D eigenvalue weighted by Crippen LogP contribution is -2.45. The first-order valence-electron chi connectivity index (χ1n) is 7.16. The topological polar surface area (TPSA) is 46.2 Å². The third kappa shape index (κ3) is 5.81. The summed E-state index contributed by atoms with van der Waals surface area (Å²) in [5, 5.41) is 0.831. The van der Waals surface area contributed by atoms with Gasteiger partial charge in [-0.3, -0.25) is 0 Å². The number of rotatable bonds is 6. The van der Waals surface area contributed by atoms with Crippen molar-refractivity contribution in [1.82, 2.24) is 4.72 Å². The summed E-state index contributed by atoms with van der Waals surface area (Å²) >= 11 is 11.9. The minimum atomic E-state index is -3.53. The molecule has 0 heterocycles. The Morgan fingerprint density at radius 2 is 1.70 bits per heavy atom. The molecule has 0 aromatic heterocycles. The standard InChI is InChI=1S/C17H19Cl2NO2S/c1-17(2,11-13-6-4-3-5-7-13)20-23(21,22)12-14-8-9-15(18)10-16(14)19/h3-10,20H,11-12H2,1-2H3. The summed E-state index contributed by atoms with van der Waals surface area (Å²) in [5.41, 5.74) is 1.00. The van der Waals surface area contributed by atoms with Crippen molar-refractivity contribution in [3.8, 4) is 0 Å². The van der Waals surface area contributed by atoms with Crippen LogP contribution in [0.5, 0.6) is 0 Å². The summed E-state index contributed by atoms with van der Waals surface area (Å²) in [5.74, 6) is -0.179. The SMILES string of the molecule is CC(C)(Cc1ccccc1)NS(=O)(=O)Cc1ccc(Cl)cc1Cl. The average molecular weight is 372 g/mol. The molecule has 0 spiro atoms. The molecule has 3 nitrogen and oxygen atoms in total. The largest absolute Gasteiger partial charge is 0.216 e. The molecule has 0 atom stereocenters. The number of nitrogens with one attached hydrogen (secondary N) is 1. The van der Waals surface area contributed by atoms with Crippen LogP contribution in [-0.2, 0) is 22.2 Å². The Balaban J connectivity index is 2.10. The fourth-order valence-electron chi connectivity index (χ4n) is 2.44. The van der Waals surface area contributed by atoms with E-state index in [9.17, 15) is 8.42 Å². The summed E-state index contributed by atoms with van der Waals surface area (Å²) in [4.78, 5) is 0. The number of hydrogen-bond donors (Lipinski definition) is 1. The highest BCUT2D eigenvalue weighted by atomic mass is 35.5. The van der Waals surface area contributed by atoms with Gasteiger partial charge in [-0.1, -0.05) is 59.6 Å². The van der Waals surface area contributed by atoms with Crippen molar-refractivity contribution in [1.29, 1.82) is 0 Å². The van der Waals surface area contributed by atoms with Crippen molar-refractivity contribution in [2.75, 3.05) is 0 Å². The van der Waals surface area contributed by atoms with Crippen LogP contribution in [0.25, 0.3) is 0 Å². The van der Waals surface area contributed by atoms with E-state index in [4.69, 9.17) is 23.2 Å². The molecule has 0 aliphatic carbocycles. The van der Waals surface area contributed by atoms with E-state index in [2.05, 4.69) is 4.72 Å². The Bertz CT molecular complexity index is 774. The Hall–Kier alpha value is -1.07. The van der Waals surface area contributed by atoms with Crippen LogP contribution in [0.2, 0.25) is 10.0 Å². The Morgan fingerprint density at radius 1 is 1.04 bits per heavy atom. The summed E-state index contributed by atoms with van der Waals surface area (Å²) in [6, 6.07) is 14.6. The normalized spacial score (nSPS) is 12.3. The molecule has 124 valence electrons. The van der Waals surface area contributed by atoms with Gasteiger partial charge in [0.1, 0.15) is 0 Å². The molecule has 0 aliphatic rings. The van der Waals surface area contributed by atoms with Gasteiger partial charge in [-0.2, -0.15) is 0 Å². The van der Waals surface area contributed by atoms with Gasteiger partial charge in [0.2, 0.25) is 10.0 Å². The molecule has 0 fully saturated rings. The van der Waals surface area contributed by atoms with E-state index >= 15 is 0 Å². The summed E-state index contributed by atoms with van der Waals surface area (Å²) in [6.45, 7) is 3.72. The fraction of sp³-hybridized carbons (Fsp3) is 0.294. The fourth-order valence-corrected chi connectivity index (χ4v) is 4.64. The van der Waals surface area contributed by atoms with E-state index in [0.717, 1.165) is 5.56 Å². The van der Waals surface area contributed by atoms with Crippen molar-refractivity contribution in [2.24, 2.45) is 0 Å². The molecule has 0 saturated carbocycles. The Labute approximate surface area is 147 Å². The summed E-state index contributed by atoms with van der Waals surface area (Å²) < 4.78 is 27.6. The maximum absolute atomic E-state index is 12.4. The van der Waals surface area contributed by atoms with Crippen LogP contribution < -0.4 is 4.72 Å². The molecule has 0 radical (unpaired) electrons. The van der Waals surface area contributed by atoms with Gasteiger partial charge in [0, 0.05) is 15.6 Å². The monoisotopic (exact) mass is 371 g/mol. The van der Waals surface area contributed by atoms with Crippen LogP contribution in [-0.4, -0.2) is 14.0 Å². The van der Waals surface area contributed by atoms with Crippen LogP contribution in [0.1, 0.15) is 25.0 Å². The summed E-state index contributed by atoms with van der Waals surface area (Å²) in [7, 11) is -3.53. The zero-order chi connectivity index (χ0) is 17.1. The van der Waals surface area contributed by atoms with Gasteiger partial charge >= 0.3 is 0 Å². The molecule has 2 aromatic rings. The highest BCUT2D eigenvalue weighted by molar-refractivity contribution is 7.88. The first kappa shape index (κ1) is 18.3. The van der Waals surface area contributed by atoms with E-state index in [1.165, 1.54) is 0 Å². The number of sulfonamides is 1. The lowest BCUT2D eigenvalue weighted by molar-refractivity contribution is 0.450. The molecule has 23 heavy (non-hydrogen) atoms. The Kier molecular flexibility index (Phi) is 5.74. The van der Waals surface area contributed by atoms with Crippen molar-refractivity contribution in [3.63, 3.8) is 0 Å². The molecule has 0 aliphatic heterocycles. The van der Waals surface area contributed by atoms with Crippen LogP contribution >= 0.6 is 23.2 Å². The lowest BCUT2D eigenvalue weighted by atomic mass is 9.96. The van der Waals surface area contributed by atoms with E-state index in [1.54, 1.807) is 18.2 Å². The van der Waals surface area contributed by atoms with Gasteiger partial charge < -0.3 is 0 Å². The van der Waals surface area contributed by atoms with Crippen molar-refractivity contribution >= 4 is 33.2 Å². The maximum atomic E-state index is 12.4. The van der Waals surface area contributed by atoms with Crippen molar-refractivity contribution in [2.45, 2.75) is 31.6 Å². The van der Waals surface area contributed by atoms with Gasteiger partial charge in [0.25, 0.3) is 0 Å². The second kappa shape index (κ2) is 7.22. The number of hydrogen-bond acceptors (Lipinski definition) is 2. The minimum Gasteiger partial charge on any atom is -0.212 e.